The first kappa shape index (κ1) is 32.0. The van der Waals surface area contributed by atoms with E-state index < -0.39 is 120 Å². The largest absolute Gasteiger partial charge is 0.470 e. The zero-order chi connectivity index (χ0) is 28.5. The van der Waals surface area contributed by atoms with E-state index in [2.05, 4.69) is 4.52 Å². The number of hydrogen-bond acceptors (Lipinski definition) is 17. The first-order valence-electron chi connectivity index (χ1n) is 11.4. The Hall–Kier alpha value is -0.490. The van der Waals surface area contributed by atoms with Crippen LogP contribution in [0.4, 0.5) is 0 Å². The van der Waals surface area contributed by atoms with Crippen LogP contribution in [-0.4, -0.2) is 168 Å². The first-order valence-corrected chi connectivity index (χ1v) is 12.9. The van der Waals surface area contributed by atoms with Gasteiger partial charge < -0.3 is 85.2 Å². The molecule has 13 N–H and O–H groups in total. The fourth-order valence-electron chi connectivity index (χ4n) is 4.24. The average Bonchev–Trinajstić information content (AvgIpc) is 2.86. The van der Waals surface area contributed by atoms with Gasteiger partial charge in [-0.3, -0.25) is 4.52 Å². The summed E-state index contributed by atoms with van der Waals surface area (Å²) in [5, 5.41) is 90.0. The average molecular weight is 583 g/mol. The molecule has 0 aromatic heterocycles. The minimum Gasteiger partial charge on any atom is -0.394 e. The van der Waals surface area contributed by atoms with E-state index in [1.807, 2.05) is 0 Å². The van der Waals surface area contributed by atoms with Crippen LogP contribution < -0.4 is 5.73 Å². The highest BCUT2D eigenvalue weighted by atomic mass is 31.2. The Morgan fingerprint density at radius 1 is 0.684 bits per heavy atom. The van der Waals surface area contributed by atoms with Crippen LogP contribution in [0.5, 0.6) is 0 Å². The molecule has 0 aliphatic carbocycles. The molecule has 3 aliphatic heterocycles. The lowest BCUT2D eigenvalue weighted by atomic mass is 9.96. The van der Waals surface area contributed by atoms with Crippen LogP contribution in [0, 0.1) is 0 Å². The molecule has 0 radical (unpaired) electrons. The maximum atomic E-state index is 11.5. The van der Waals surface area contributed by atoms with Crippen molar-refractivity contribution in [3.05, 3.63) is 0 Å². The summed E-state index contributed by atoms with van der Waals surface area (Å²) in [5.41, 5.74) is 5.65. The van der Waals surface area contributed by atoms with Crippen LogP contribution in [0.2, 0.25) is 0 Å². The molecule has 3 fully saturated rings. The van der Waals surface area contributed by atoms with Gasteiger partial charge in [0.15, 0.2) is 18.9 Å². The van der Waals surface area contributed by atoms with Gasteiger partial charge in [-0.25, -0.2) is 4.57 Å². The number of phosphoric ester groups is 1. The van der Waals surface area contributed by atoms with Gasteiger partial charge in [-0.2, -0.15) is 0 Å². The molecule has 15 atom stereocenters. The Kier molecular flexibility index (Phi) is 11.0. The van der Waals surface area contributed by atoms with Gasteiger partial charge in [-0.15, -0.1) is 0 Å². The summed E-state index contributed by atoms with van der Waals surface area (Å²) >= 11 is 0. The molecule has 3 saturated heterocycles. The predicted molar refractivity (Wildman–Crippen MR) is 114 cm³/mol. The second-order valence-corrected chi connectivity index (χ2v) is 10.2. The second-order valence-electron chi connectivity index (χ2n) is 9.03. The van der Waals surface area contributed by atoms with Crippen molar-refractivity contribution >= 4 is 7.82 Å². The molecule has 19 nitrogen and oxygen atoms in total. The van der Waals surface area contributed by atoms with E-state index in [9.17, 15) is 60.3 Å². The van der Waals surface area contributed by atoms with Gasteiger partial charge in [0.1, 0.15) is 67.1 Å². The second kappa shape index (κ2) is 13.0. The van der Waals surface area contributed by atoms with Crippen LogP contribution in [-0.2, 0) is 32.8 Å². The molecule has 0 aromatic carbocycles. The summed E-state index contributed by atoms with van der Waals surface area (Å²) in [5.74, 6) is 0. The highest BCUT2D eigenvalue weighted by Crippen LogP contribution is 2.42. The minimum absolute atomic E-state index is 0.727. The Morgan fingerprint density at radius 3 is 1.84 bits per heavy atom. The monoisotopic (exact) mass is 583 g/mol. The topological polar surface area (TPSA) is 321 Å². The highest BCUT2D eigenvalue weighted by molar-refractivity contribution is 7.46. The summed E-state index contributed by atoms with van der Waals surface area (Å²) in [4.78, 5) is 18.5. The number of aliphatic hydroxyl groups excluding tert-OH is 9. The van der Waals surface area contributed by atoms with Crippen molar-refractivity contribution in [2.75, 3.05) is 19.8 Å². The van der Waals surface area contributed by atoms with E-state index in [4.69, 9.17) is 29.4 Å². The number of aliphatic hydroxyl groups is 9. The van der Waals surface area contributed by atoms with Gasteiger partial charge in [-0.05, 0) is 0 Å². The summed E-state index contributed by atoms with van der Waals surface area (Å²) in [6, 6.07) is -1.45. The molecule has 0 spiro atoms. The summed E-state index contributed by atoms with van der Waals surface area (Å²) in [6.07, 6.45) is -24.4. The van der Waals surface area contributed by atoms with Gasteiger partial charge in [0.05, 0.1) is 25.9 Å². The minimum atomic E-state index is -5.34. The van der Waals surface area contributed by atoms with E-state index >= 15 is 0 Å². The van der Waals surface area contributed by atoms with Gasteiger partial charge in [0.25, 0.3) is 0 Å². The number of phosphoric acid groups is 1. The van der Waals surface area contributed by atoms with Crippen molar-refractivity contribution in [1.82, 2.24) is 0 Å². The summed E-state index contributed by atoms with van der Waals surface area (Å²) < 4.78 is 42.6. The quantitative estimate of drug-likeness (QED) is 0.112. The lowest BCUT2D eigenvalue weighted by Crippen LogP contribution is -2.66. The van der Waals surface area contributed by atoms with Crippen LogP contribution in [0.15, 0.2) is 0 Å². The molecule has 0 bridgehead atoms. The van der Waals surface area contributed by atoms with Crippen molar-refractivity contribution in [2.45, 2.75) is 92.1 Å². The maximum Gasteiger partial charge on any atom is 0.470 e. The third-order valence-electron chi connectivity index (χ3n) is 6.39. The Morgan fingerprint density at radius 2 is 1.26 bits per heavy atom. The number of nitrogens with two attached hydrogens (primary N) is 1. The zero-order valence-electron chi connectivity index (χ0n) is 19.6. The third-order valence-corrected chi connectivity index (χ3v) is 6.91. The lowest BCUT2D eigenvalue weighted by Gasteiger charge is -2.47. The van der Waals surface area contributed by atoms with Gasteiger partial charge >= 0.3 is 7.82 Å². The van der Waals surface area contributed by atoms with Crippen LogP contribution >= 0.6 is 7.82 Å². The molecule has 0 unspecified atom stereocenters. The van der Waals surface area contributed by atoms with Crippen LogP contribution in [0.25, 0.3) is 0 Å². The molecule has 38 heavy (non-hydrogen) atoms. The van der Waals surface area contributed by atoms with Crippen molar-refractivity contribution in [1.29, 1.82) is 0 Å². The molecule has 20 heteroatoms. The molecule has 3 rings (SSSR count). The molecular formula is C18H34NO18P. The highest BCUT2D eigenvalue weighted by Gasteiger charge is 2.53. The Labute approximate surface area is 214 Å². The first-order chi connectivity index (χ1) is 17.7. The van der Waals surface area contributed by atoms with E-state index in [1.165, 1.54) is 0 Å². The molecule has 3 heterocycles. The van der Waals surface area contributed by atoms with Crippen LogP contribution in [0.3, 0.4) is 0 Å². The van der Waals surface area contributed by atoms with Crippen LogP contribution in [0.1, 0.15) is 0 Å². The fraction of sp³-hybridized carbons (Fsp3) is 1.00. The predicted octanol–water partition coefficient (Wildman–Crippen LogP) is -7.49. The van der Waals surface area contributed by atoms with Gasteiger partial charge in [-0.1, -0.05) is 0 Å². The molecule has 0 amide bonds. The van der Waals surface area contributed by atoms with Crippen molar-refractivity contribution in [2.24, 2.45) is 5.73 Å². The normalized spacial score (nSPS) is 48.7. The molecule has 3 aliphatic rings. The van der Waals surface area contributed by atoms with Crippen molar-refractivity contribution < 1.29 is 88.5 Å². The van der Waals surface area contributed by atoms with E-state index in [0.717, 1.165) is 0 Å². The molecule has 224 valence electrons. The van der Waals surface area contributed by atoms with Gasteiger partial charge in [0.2, 0.25) is 0 Å². The zero-order valence-corrected chi connectivity index (χ0v) is 20.5. The molecule has 0 saturated carbocycles. The summed E-state index contributed by atoms with van der Waals surface area (Å²) in [6.45, 7) is -2.30. The third kappa shape index (κ3) is 7.04. The summed E-state index contributed by atoms with van der Waals surface area (Å²) in [7, 11) is -5.34. The lowest BCUT2D eigenvalue weighted by molar-refractivity contribution is -0.352. The van der Waals surface area contributed by atoms with Crippen molar-refractivity contribution in [3.63, 3.8) is 0 Å². The van der Waals surface area contributed by atoms with E-state index in [1.54, 1.807) is 0 Å². The van der Waals surface area contributed by atoms with E-state index in [0.29, 0.717) is 0 Å². The fourth-order valence-corrected chi connectivity index (χ4v) is 4.78. The SMILES string of the molecule is N[C@@H]1[C@@H](O)[C@H](O[C@H]2O[C@H](CO[C@H]3O[C@H](CO)[C@@H](O)[C@H](O)[C@@H]3O)[C@@H](O)[C@H](O)[C@@H]2OP(=O)(O)O)[C@@H](CO)O[C@@H]1O. The Bertz CT molecular complexity index is 801. The number of hydrogen-bond donors (Lipinski definition) is 12. The van der Waals surface area contributed by atoms with Crippen molar-refractivity contribution in [3.8, 4) is 0 Å². The number of rotatable bonds is 9. The number of ether oxygens (including phenoxy) is 5. The molecule has 0 aromatic rings. The Balaban J connectivity index is 1.78. The van der Waals surface area contributed by atoms with Gasteiger partial charge in [0, 0.05) is 0 Å². The van der Waals surface area contributed by atoms with E-state index in [-0.39, 0.29) is 0 Å². The smallest absolute Gasteiger partial charge is 0.394 e. The maximum absolute atomic E-state index is 11.5. The standard InChI is InChI=1S/C18H34NO18P/c19-7-10(24)14(5(2-21)33-16(7)28)36-18-15(37-38(29,30)31)12(26)9(23)6(35-18)3-32-17-13(27)11(25)8(22)4(1-20)34-17/h4-18,20-28H,1-3,19H2,(H2,29,30,31)/t4-,5-,6-,7-,8-,9-,10-,11+,12+,13+,14-,15+,16+,17+,18-/m1/s1. The molecular weight excluding hydrogens is 549 g/mol.